The third kappa shape index (κ3) is 6.40. The highest BCUT2D eigenvalue weighted by molar-refractivity contribution is 5.97. The number of aromatic nitrogens is 2. The molecule has 1 aliphatic heterocycles. The average Bonchev–Trinajstić information content (AvgIpc) is 3.17. The molecule has 4 atom stereocenters. The number of nitrogens with zero attached hydrogens (tertiary/aromatic N) is 2. The van der Waals surface area contributed by atoms with Gasteiger partial charge in [0.05, 0.1) is 30.5 Å². The van der Waals surface area contributed by atoms with Gasteiger partial charge in [0.15, 0.2) is 0 Å². The first-order valence-electron chi connectivity index (χ1n) is 13.2. The maximum atomic E-state index is 13.0. The summed E-state index contributed by atoms with van der Waals surface area (Å²) in [4.78, 5) is 29.8. The quantitative estimate of drug-likeness (QED) is 0.417. The van der Waals surface area contributed by atoms with E-state index in [1.807, 2.05) is 46.8 Å². The molecule has 0 saturated carbocycles. The number of ether oxygens (including phenoxy) is 3. The second-order valence-electron chi connectivity index (χ2n) is 10.4. The van der Waals surface area contributed by atoms with E-state index < -0.39 is 17.8 Å². The molecule has 4 rings (SSSR count). The van der Waals surface area contributed by atoms with Crippen LogP contribution in [0.4, 0.5) is 5.82 Å². The third-order valence-electron chi connectivity index (χ3n) is 6.68. The van der Waals surface area contributed by atoms with Crippen molar-refractivity contribution in [1.29, 1.82) is 0 Å². The number of benzene rings is 2. The van der Waals surface area contributed by atoms with Crippen molar-refractivity contribution < 1.29 is 19.0 Å². The number of nitrogens with two attached hydrogens (primary N) is 1. The molecule has 0 spiro atoms. The Morgan fingerprint density at radius 3 is 2.58 bits per heavy atom. The summed E-state index contributed by atoms with van der Waals surface area (Å²) in [5, 5.41) is 5.22. The van der Waals surface area contributed by atoms with E-state index in [1.165, 1.54) is 16.2 Å². The fourth-order valence-electron chi connectivity index (χ4n) is 4.80. The smallest absolute Gasteiger partial charge is 0.351 e. The molecule has 2 aromatic carbocycles. The van der Waals surface area contributed by atoms with E-state index in [-0.39, 0.29) is 41.7 Å². The molecule has 1 saturated heterocycles. The highest BCUT2D eigenvalue weighted by Gasteiger charge is 2.45. The summed E-state index contributed by atoms with van der Waals surface area (Å²) in [6.07, 6.45) is 0.748. The summed E-state index contributed by atoms with van der Waals surface area (Å²) in [6.45, 7) is 10.5. The summed E-state index contributed by atoms with van der Waals surface area (Å²) in [5.41, 5.74) is 6.65. The van der Waals surface area contributed by atoms with Gasteiger partial charge < -0.3 is 25.3 Å². The standard InChI is InChI=1S/C29H38N4O5/c1-17(2)36-16-24-25(37-18(3)4)19(5)28(38-24)33-15-23(26(30)32-29(33)35)27(34)31-13-12-20-10-11-21-8-6-7-9-22(21)14-20/h6-11,14-15,17-19,24-25,28H,12-13,16H2,1-5H3,(H,31,34)(H2,30,32,35)/t19?,24-,25-,28-/m1/s1. The van der Waals surface area contributed by atoms with E-state index in [0.29, 0.717) is 19.6 Å². The van der Waals surface area contributed by atoms with Gasteiger partial charge in [-0.2, -0.15) is 4.98 Å². The lowest BCUT2D eigenvalue weighted by molar-refractivity contribution is -0.0966. The topological polar surface area (TPSA) is 118 Å². The van der Waals surface area contributed by atoms with Crippen LogP contribution in [0.15, 0.2) is 53.5 Å². The number of nitrogens with one attached hydrogen (secondary N) is 1. The molecular weight excluding hydrogens is 484 g/mol. The monoisotopic (exact) mass is 522 g/mol. The van der Waals surface area contributed by atoms with E-state index in [1.54, 1.807) is 0 Å². The zero-order chi connectivity index (χ0) is 27.4. The van der Waals surface area contributed by atoms with Gasteiger partial charge in [-0.25, -0.2) is 4.79 Å². The van der Waals surface area contributed by atoms with Crippen molar-refractivity contribution in [3.8, 4) is 0 Å². The van der Waals surface area contributed by atoms with E-state index in [4.69, 9.17) is 19.9 Å². The predicted octanol–water partition coefficient (Wildman–Crippen LogP) is 3.70. The zero-order valence-electron chi connectivity index (χ0n) is 22.7. The minimum atomic E-state index is -0.677. The summed E-state index contributed by atoms with van der Waals surface area (Å²) in [7, 11) is 0. The number of amides is 1. The Hall–Kier alpha value is -3.27. The van der Waals surface area contributed by atoms with Crippen LogP contribution >= 0.6 is 0 Å². The van der Waals surface area contributed by atoms with Gasteiger partial charge in [-0.1, -0.05) is 49.4 Å². The lowest BCUT2D eigenvalue weighted by atomic mass is 10.0. The lowest BCUT2D eigenvalue weighted by Gasteiger charge is -2.24. The van der Waals surface area contributed by atoms with E-state index in [0.717, 1.165) is 10.9 Å². The maximum absolute atomic E-state index is 13.0. The van der Waals surface area contributed by atoms with Gasteiger partial charge in [0.25, 0.3) is 5.91 Å². The normalized spacial score (nSPS) is 21.4. The number of nitrogen functional groups attached to an aromatic ring is 1. The molecule has 1 aromatic heterocycles. The minimum absolute atomic E-state index is 0.0264. The van der Waals surface area contributed by atoms with Gasteiger partial charge in [0, 0.05) is 18.7 Å². The number of hydrogen-bond donors (Lipinski definition) is 2. The van der Waals surface area contributed by atoms with Crippen LogP contribution in [0.25, 0.3) is 10.8 Å². The number of rotatable bonds is 10. The van der Waals surface area contributed by atoms with Gasteiger partial charge in [-0.15, -0.1) is 0 Å². The van der Waals surface area contributed by atoms with Crippen LogP contribution in [0.5, 0.6) is 0 Å². The van der Waals surface area contributed by atoms with Crippen molar-refractivity contribution in [3.05, 3.63) is 70.3 Å². The fraction of sp³-hybridized carbons (Fsp3) is 0.483. The van der Waals surface area contributed by atoms with Crippen LogP contribution in [0.1, 0.15) is 56.8 Å². The van der Waals surface area contributed by atoms with Crippen molar-refractivity contribution in [2.45, 2.75) is 71.7 Å². The molecule has 0 aliphatic carbocycles. The molecule has 204 valence electrons. The van der Waals surface area contributed by atoms with Crippen molar-refractivity contribution in [2.75, 3.05) is 18.9 Å². The Morgan fingerprint density at radius 1 is 1.13 bits per heavy atom. The highest BCUT2D eigenvalue weighted by atomic mass is 16.6. The molecule has 3 N–H and O–H groups in total. The molecule has 3 aromatic rings. The summed E-state index contributed by atoms with van der Waals surface area (Å²) in [5.74, 6) is -0.704. The predicted molar refractivity (Wildman–Crippen MR) is 147 cm³/mol. The first-order valence-corrected chi connectivity index (χ1v) is 13.2. The van der Waals surface area contributed by atoms with Crippen molar-refractivity contribution in [2.24, 2.45) is 5.92 Å². The summed E-state index contributed by atoms with van der Waals surface area (Å²) in [6, 6.07) is 14.4. The Morgan fingerprint density at radius 2 is 1.87 bits per heavy atom. The fourth-order valence-corrected chi connectivity index (χ4v) is 4.80. The Bertz CT molecular complexity index is 1320. The van der Waals surface area contributed by atoms with Crippen LogP contribution < -0.4 is 16.7 Å². The zero-order valence-corrected chi connectivity index (χ0v) is 22.7. The van der Waals surface area contributed by atoms with Crippen LogP contribution in [-0.2, 0) is 20.6 Å². The van der Waals surface area contributed by atoms with Crippen LogP contribution in [-0.4, -0.2) is 53.0 Å². The number of anilines is 1. The van der Waals surface area contributed by atoms with E-state index in [2.05, 4.69) is 40.6 Å². The molecule has 9 heteroatoms. The van der Waals surface area contributed by atoms with Gasteiger partial charge in [-0.3, -0.25) is 9.36 Å². The SMILES string of the molecule is CC(C)OC[C@H]1O[C@@H](n2cc(C(=O)NCCc3ccc4ccccc4c3)c(N)nc2=O)C(C)[C@H]1OC(C)C. The minimum Gasteiger partial charge on any atom is -0.383 e. The number of fused-ring (bicyclic) bond motifs is 1. The Kier molecular flexibility index (Phi) is 8.81. The first-order chi connectivity index (χ1) is 18.1. The average molecular weight is 523 g/mol. The molecule has 9 nitrogen and oxygen atoms in total. The first kappa shape index (κ1) is 27.8. The van der Waals surface area contributed by atoms with Crippen LogP contribution in [0.2, 0.25) is 0 Å². The molecule has 0 bridgehead atoms. The van der Waals surface area contributed by atoms with Crippen molar-refractivity contribution >= 4 is 22.5 Å². The van der Waals surface area contributed by atoms with Crippen molar-refractivity contribution in [1.82, 2.24) is 14.9 Å². The maximum Gasteiger partial charge on any atom is 0.351 e. The summed E-state index contributed by atoms with van der Waals surface area (Å²) < 4.78 is 19.5. The molecular formula is C29H38N4O5. The van der Waals surface area contributed by atoms with Crippen LogP contribution in [0, 0.1) is 5.92 Å². The molecule has 2 heterocycles. The largest absolute Gasteiger partial charge is 0.383 e. The Balaban J connectivity index is 1.48. The molecule has 1 aliphatic rings. The van der Waals surface area contributed by atoms with E-state index >= 15 is 0 Å². The second-order valence-corrected chi connectivity index (χ2v) is 10.4. The van der Waals surface area contributed by atoms with Gasteiger partial charge in [-0.05, 0) is 50.5 Å². The number of carbonyl (C=O) groups is 1. The molecule has 1 fully saturated rings. The van der Waals surface area contributed by atoms with Gasteiger partial charge >= 0.3 is 5.69 Å². The highest BCUT2D eigenvalue weighted by Crippen LogP contribution is 2.37. The van der Waals surface area contributed by atoms with Gasteiger partial charge in [0.2, 0.25) is 0 Å². The van der Waals surface area contributed by atoms with Gasteiger partial charge in [0.1, 0.15) is 18.1 Å². The van der Waals surface area contributed by atoms with E-state index in [9.17, 15) is 9.59 Å². The molecule has 0 radical (unpaired) electrons. The molecule has 1 amide bonds. The Labute approximate surface area is 223 Å². The number of carbonyl (C=O) groups excluding carboxylic acids is 1. The second kappa shape index (κ2) is 12.1. The molecule has 38 heavy (non-hydrogen) atoms. The number of hydrogen-bond acceptors (Lipinski definition) is 7. The third-order valence-corrected chi connectivity index (χ3v) is 6.68. The van der Waals surface area contributed by atoms with Crippen molar-refractivity contribution in [3.63, 3.8) is 0 Å². The summed E-state index contributed by atoms with van der Waals surface area (Å²) >= 11 is 0. The van der Waals surface area contributed by atoms with Crippen LogP contribution in [0.3, 0.4) is 0 Å². The lowest BCUT2D eigenvalue weighted by Crippen LogP contribution is -2.36. The molecule has 1 unspecified atom stereocenters.